The number of aliphatic hydroxyl groups excluding tert-OH is 1. The largest absolute Gasteiger partial charge is 0.491 e. The van der Waals surface area contributed by atoms with Crippen molar-refractivity contribution in [2.24, 2.45) is 13.0 Å². The van der Waals surface area contributed by atoms with Gasteiger partial charge in [0.1, 0.15) is 35.1 Å². The summed E-state index contributed by atoms with van der Waals surface area (Å²) < 4.78 is 25.2. The van der Waals surface area contributed by atoms with E-state index >= 15 is 0 Å². The van der Waals surface area contributed by atoms with Crippen LogP contribution in [-0.4, -0.2) is 117 Å². The number of rotatable bonds is 18. The Labute approximate surface area is 413 Å². The fourth-order valence-electron chi connectivity index (χ4n) is 8.78. The summed E-state index contributed by atoms with van der Waals surface area (Å²) in [5, 5.41) is 24.5. The number of β-amino-alcohol motifs (C(OH)–C–C–N with tert-alkyl or cyclic N) is 1. The molecule has 3 atom stereocenters. The molecular formula is C49H57ClN10O9S. The highest BCUT2D eigenvalue weighted by atomic mass is 35.5. The van der Waals surface area contributed by atoms with E-state index in [9.17, 15) is 24.3 Å². The molecule has 0 aliphatic carbocycles. The van der Waals surface area contributed by atoms with Gasteiger partial charge in [-0.25, -0.2) is 9.97 Å². The number of halogens is 1. The fourth-order valence-corrected chi connectivity index (χ4v) is 9.72. The van der Waals surface area contributed by atoms with Gasteiger partial charge in [0.25, 0.3) is 11.5 Å². The highest BCUT2D eigenvalue weighted by Crippen LogP contribution is 2.34. The van der Waals surface area contributed by atoms with Gasteiger partial charge in [-0.05, 0) is 68.5 Å². The van der Waals surface area contributed by atoms with E-state index in [1.807, 2.05) is 57.2 Å². The summed E-state index contributed by atoms with van der Waals surface area (Å²) in [6, 6.07) is 13.8. The minimum Gasteiger partial charge on any atom is -0.491 e. The van der Waals surface area contributed by atoms with E-state index in [2.05, 4.69) is 36.0 Å². The topological polar surface area (TPSA) is 228 Å². The molecule has 21 heteroatoms. The number of carbonyl (C=O) groups is 3. The smallest absolute Gasteiger partial charge is 0.293 e. The van der Waals surface area contributed by atoms with Gasteiger partial charge in [0.05, 0.1) is 52.3 Å². The number of fused-ring (bicyclic) bond motifs is 1. The predicted octanol–water partition coefficient (Wildman–Crippen LogP) is 5.66. The Morgan fingerprint density at radius 1 is 1.01 bits per heavy atom. The third kappa shape index (κ3) is 11.4. The zero-order valence-corrected chi connectivity index (χ0v) is 41.4. The second-order valence-electron chi connectivity index (χ2n) is 17.8. The van der Waals surface area contributed by atoms with Crippen LogP contribution in [0.1, 0.15) is 61.7 Å². The number of likely N-dealkylation sites (N-methyl/N-ethyl adjacent to an activating group) is 1. The third-order valence-corrected chi connectivity index (χ3v) is 13.8. The highest BCUT2D eigenvalue weighted by molar-refractivity contribution is 7.13. The van der Waals surface area contributed by atoms with Crippen molar-refractivity contribution in [2.45, 2.75) is 77.7 Å². The van der Waals surface area contributed by atoms with Crippen LogP contribution in [-0.2, 0) is 32.7 Å². The first kappa shape index (κ1) is 49.8. The number of amides is 3. The van der Waals surface area contributed by atoms with Gasteiger partial charge < -0.3 is 54.2 Å². The number of aliphatic hydroxyl groups is 1. The molecule has 2 aliphatic heterocycles. The second kappa shape index (κ2) is 22.0. The van der Waals surface area contributed by atoms with E-state index < -0.39 is 18.1 Å². The molecule has 8 rings (SSSR count). The molecule has 0 bridgehead atoms. The maximum atomic E-state index is 13.9. The van der Waals surface area contributed by atoms with Gasteiger partial charge >= 0.3 is 0 Å². The van der Waals surface area contributed by atoms with Crippen molar-refractivity contribution < 1.29 is 38.2 Å². The van der Waals surface area contributed by atoms with Crippen LogP contribution in [0.25, 0.3) is 21.3 Å². The van der Waals surface area contributed by atoms with Crippen molar-refractivity contribution in [3.05, 3.63) is 98.3 Å². The quantitative estimate of drug-likeness (QED) is 0.0762. The number of nitrogens with zero attached hydrogens (tertiary/aromatic N) is 7. The molecule has 4 aromatic heterocycles. The molecule has 0 spiro atoms. The van der Waals surface area contributed by atoms with E-state index in [4.69, 9.17) is 35.3 Å². The normalized spacial score (nSPS) is 16.7. The average Bonchev–Trinajstić information content (AvgIpc) is 4.10. The molecule has 2 saturated heterocycles. The Kier molecular flexibility index (Phi) is 15.6. The van der Waals surface area contributed by atoms with E-state index in [1.54, 1.807) is 37.8 Å². The summed E-state index contributed by atoms with van der Waals surface area (Å²) in [6.45, 7) is 9.33. The molecule has 70 heavy (non-hydrogen) atoms. The Balaban J connectivity index is 0.865. The standard InChI is InChI=1S/C49H57ClN10O9S/c1-27(2)43(40-17-28(3)57-69-40)48(65)60-24-34(61)21-38(60)46(63)52-22-31-8-7-30(44-29(4)54-26-70-44)19-39(31)67-16-15-66-35-11-13-59(14-12-35)49-53-23-36(50)45(56-49)55-33-9-10-37-32(18-33)20-41(47(64)58(37)6)68-25-42(62)51-5/h7-10,17-20,23,26-27,34-35,38,43,61H,11-16,21-22,24-25H2,1-6H3,(H,51,62)(H,52,63)(H,53,55,56). The van der Waals surface area contributed by atoms with E-state index in [0.29, 0.717) is 70.3 Å². The molecule has 2 aliphatic rings. The predicted molar refractivity (Wildman–Crippen MR) is 265 cm³/mol. The average molecular weight is 998 g/mol. The lowest BCUT2D eigenvalue weighted by Gasteiger charge is -2.32. The first-order chi connectivity index (χ1) is 33.7. The van der Waals surface area contributed by atoms with Crippen LogP contribution in [0.4, 0.5) is 17.5 Å². The molecule has 2 aromatic carbocycles. The zero-order valence-electron chi connectivity index (χ0n) is 39.9. The molecular weight excluding hydrogens is 940 g/mol. The number of pyridine rings is 1. The molecule has 19 nitrogen and oxygen atoms in total. The number of anilines is 3. The minimum atomic E-state index is -0.865. The molecule has 2 fully saturated rings. The van der Waals surface area contributed by atoms with Crippen LogP contribution in [0.5, 0.6) is 11.5 Å². The van der Waals surface area contributed by atoms with Crippen molar-refractivity contribution in [3.63, 3.8) is 0 Å². The number of aryl methyl sites for hydroxylation is 3. The number of nitrogens with one attached hydrogen (secondary N) is 3. The van der Waals surface area contributed by atoms with Crippen molar-refractivity contribution in [1.29, 1.82) is 0 Å². The van der Waals surface area contributed by atoms with Crippen LogP contribution >= 0.6 is 22.9 Å². The molecule has 3 unspecified atom stereocenters. The number of ether oxygens (including phenoxy) is 3. The zero-order chi connectivity index (χ0) is 49.6. The van der Waals surface area contributed by atoms with Crippen LogP contribution in [0.2, 0.25) is 5.02 Å². The Morgan fingerprint density at radius 2 is 1.81 bits per heavy atom. The van der Waals surface area contributed by atoms with Crippen molar-refractivity contribution in [2.75, 3.05) is 56.7 Å². The van der Waals surface area contributed by atoms with Crippen molar-refractivity contribution >= 4 is 69.0 Å². The maximum Gasteiger partial charge on any atom is 0.293 e. The summed E-state index contributed by atoms with van der Waals surface area (Å²) in [5.41, 5.74) is 6.02. The van der Waals surface area contributed by atoms with Gasteiger partial charge in [-0.3, -0.25) is 19.2 Å². The Bertz CT molecular complexity index is 2920. The minimum absolute atomic E-state index is 0.0238. The summed E-state index contributed by atoms with van der Waals surface area (Å²) in [4.78, 5) is 70.6. The van der Waals surface area contributed by atoms with Gasteiger partial charge in [0.2, 0.25) is 17.8 Å². The molecule has 3 amide bonds. The van der Waals surface area contributed by atoms with Crippen LogP contribution in [0.15, 0.2) is 69.6 Å². The number of aromatic nitrogens is 5. The number of likely N-dealkylation sites (tertiary alicyclic amines) is 1. The SMILES string of the molecule is CNC(=O)COc1cc2cc(Nc3nc(N4CCC(OCCOc5cc(-c6scnc6C)ccc5CNC(=O)C5CC(O)CN5C(=O)C(c5cc(C)no5)C(C)C)CC4)ncc3Cl)ccc2n(C)c1=O. The summed E-state index contributed by atoms with van der Waals surface area (Å²) in [6.07, 6.45) is 2.26. The summed E-state index contributed by atoms with van der Waals surface area (Å²) >= 11 is 8.11. The summed E-state index contributed by atoms with van der Waals surface area (Å²) in [7, 11) is 3.14. The number of carbonyl (C=O) groups excluding carboxylic acids is 3. The number of benzene rings is 2. The molecule has 0 saturated carbocycles. The third-order valence-electron chi connectivity index (χ3n) is 12.5. The number of hydrogen-bond acceptors (Lipinski definition) is 16. The van der Waals surface area contributed by atoms with Gasteiger partial charge in [0.15, 0.2) is 18.2 Å². The maximum absolute atomic E-state index is 13.9. The van der Waals surface area contributed by atoms with Gasteiger partial charge in [-0.15, -0.1) is 11.3 Å². The Morgan fingerprint density at radius 3 is 2.53 bits per heavy atom. The van der Waals surface area contributed by atoms with E-state index in [1.165, 1.54) is 27.9 Å². The molecule has 0 radical (unpaired) electrons. The fraction of sp³-hybridized carbons (Fsp3) is 0.429. The van der Waals surface area contributed by atoms with Crippen LogP contribution in [0, 0.1) is 19.8 Å². The molecule has 370 valence electrons. The lowest BCUT2D eigenvalue weighted by atomic mass is 9.91. The lowest BCUT2D eigenvalue weighted by molar-refractivity contribution is -0.141. The second-order valence-corrected chi connectivity index (χ2v) is 19.1. The first-order valence-corrected chi connectivity index (χ1v) is 24.4. The highest BCUT2D eigenvalue weighted by Gasteiger charge is 2.43. The van der Waals surface area contributed by atoms with Gasteiger partial charge in [-0.1, -0.05) is 42.7 Å². The number of thiazole rings is 1. The molecule has 6 aromatic rings. The van der Waals surface area contributed by atoms with Gasteiger partial charge in [0, 0.05) is 69.4 Å². The van der Waals surface area contributed by atoms with Crippen molar-refractivity contribution in [3.8, 4) is 21.9 Å². The molecule has 4 N–H and O–H groups in total. The summed E-state index contributed by atoms with van der Waals surface area (Å²) in [5.74, 6) is 0.201. The lowest BCUT2D eigenvalue weighted by Crippen LogP contribution is -2.48. The van der Waals surface area contributed by atoms with Crippen LogP contribution in [0.3, 0.4) is 0 Å². The van der Waals surface area contributed by atoms with E-state index in [-0.39, 0.29) is 73.8 Å². The van der Waals surface area contributed by atoms with Gasteiger partial charge in [-0.2, -0.15) is 4.98 Å². The monoisotopic (exact) mass is 996 g/mol. The Hall–Kier alpha value is -6.61. The van der Waals surface area contributed by atoms with Crippen LogP contribution < -0.4 is 35.9 Å². The number of piperidine rings is 1. The number of hydrogen-bond donors (Lipinski definition) is 4. The first-order valence-electron chi connectivity index (χ1n) is 23.2. The van der Waals surface area contributed by atoms with Crippen molar-refractivity contribution in [1.82, 2.24) is 40.2 Å². The molecule has 6 heterocycles. The van der Waals surface area contributed by atoms with E-state index in [0.717, 1.165) is 34.5 Å².